The van der Waals surface area contributed by atoms with Gasteiger partial charge in [0.15, 0.2) is 9.84 Å². The maximum Gasteiger partial charge on any atom is 0.222 e. The first-order valence-electron chi connectivity index (χ1n) is 8.75. The molecule has 24 heavy (non-hydrogen) atoms. The molecule has 3 atom stereocenters. The van der Waals surface area contributed by atoms with Crippen molar-refractivity contribution in [1.82, 2.24) is 4.90 Å². The predicted molar refractivity (Wildman–Crippen MR) is 93.3 cm³/mol. The Morgan fingerprint density at radius 1 is 1.21 bits per heavy atom. The first-order valence-corrected chi connectivity index (χ1v) is 10.4. The minimum absolute atomic E-state index is 0.101. The van der Waals surface area contributed by atoms with Crippen LogP contribution in [0.2, 0.25) is 0 Å². The van der Waals surface area contributed by atoms with Gasteiger partial charge in [-0.2, -0.15) is 0 Å². The Bertz CT molecular complexity index is 699. The van der Waals surface area contributed by atoms with Gasteiger partial charge in [0.2, 0.25) is 5.91 Å². The van der Waals surface area contributed by atoms with Gasteiger partial charge in [-0.3, -0.25) is 4.79 Å². The van der Waals surface area contributed by atoms with Crippen molar-refractivity contribution >= 4 is 15.7 Å². The van der Waals surface area contributed by atoms with Gasteiger partial charge in [-0.25, -0.2) is 8.42 Å². The van der Waals surface area contributed by atoms with Crippen LogP contribution in [0.1, 0.15) is 31.7 Å². The summed E-state index contributed by atoms with van der Waals surface area (Å²) in [6.07, 6.45) is 3.34. The third-order valence-corrected chi connectivity index (χ3v) is 7.31. The second-order valence-electron chi connectivity index (χ2n) is 7.01. The van der Waals surface area contributed by atoms with Crippen LogP contribution in [0.5, 0.6) is 0 Å². The molecule has 2 aliphatic rings. The number of fused-ring (bicyclic) bond motifs is 1. The fraction of sp³-hybridized carbons (Fsp3) is 0.611. The molecule has 3 unspecified atom stereocenters. The van der Waals surface area contributed by atoms with Gasteiger partial charge in [-0.05, 0) is 48.8 Å². The second kappa shape index (κ2) is 6.84. The summed E-state index contributed by atoms with van der Waals surface area (Å²) in [6.45, 7) is 3.29. The molecule has 3 rings (SSSR count). The standard InChI is InChI=1S/C18H26N2O3S/c1-2-24(22,23)15-7-3-13(4-8-15)5-10-18(21)20-11-14-6-9-17(19)16(14)12-20/h3-4,7-8,14,16-17H,2,5-6,9-12,19H2,1H3. The summed E-state index contributed by atoms with van der Waals surface area (Å²) < 4.78 is 23.6. The summed E-state index contributed by atoms with van der Waals surface area (Å²) in [4.78, 5) is 14.7. The molecule has 1 aliphatic heterocycles. The largest absolute Gasteiger partial charge is 0.342 e. The highest BCUT2D eigenvalue weighted by Crippen LogP contribution is 2.37. The topological polar surface area (TPSA) is 80.5 Å². The summed E-state index contributed by atoms with van der Waals surface area (Å²) in [7, 11) is -3.16. The first-order chi connectivity index (χ1) is 11.4. The maximum absolute atomic E-state index is 12.4. The minimum Gasteiger partial charge on any atom is -0.342 e. The molecule has 1 saturated carbocycles. The van der Waals surface area contributed by atoms with Crippen molar-refractivity contribution in [2.45, 2.75) is 43.5 Å². The molecule has 0 bridgehead atoms. The number of nitrogens with two attached hydrogens (primary N) is 1. The number of likely N-dealkylation sites (tertiary alicyclic amines) is 1. The van der Waals surface area contributed by atoms with Crippen LogP contribution < -0.4 is 5.73 Å². The van der Waals surface area contributed by atoms with E-state index < -0.39 is 9.84 Å². The van der Waals surface area contributed by atoms with Gasteiger partial charge in [0.1, 0.15) is 0 Å². The van der Waals surface area contributed by atoms with E-state index >= 15 is 0 Å². The van der Waals surface area contributed by atoms with Crippen LogP contribution in [0, 0.1) is 11.8 Å². The van der Waals surface area contributed by atoms with Crippen LogP contribution >= 0.6 is 0 Å². The fourth-order valence-corrected chi connectivity index (χ4v) is 4.83. The quantitative estimate of drug-likeness (QED) is 0.875. The van der Waals surface area contributed by atoms with Gasteiger partial charge < -0.3 is 10.6 Å². The number of hydrogen-bond acceptors (Lipinski definition) is 4. The van der Waals surface area contributed by atoms with Gasteiger partial charge in [0, 0.05) is 25.6 Å². The third kappa shape index (κ3) is 3.49. The van der Waals surface area contributed by atoms with Gasteiger partial charge in [0.25, 0.3) is 0 Å². The van der Waals surface area contributed by atoms with E-state index in [0.717, 1.165) is 31.5 Å². The van der Waals surface area contributed by atoms with Crippen LogP contribution in [0.3, 0.4) is 0 Å². The van der Waals surface area contributed by atoms with E-state index in [1.54, 1.807) is 19.1 Å². The van der Waals surface area contributed by atoms with Crippen molar-refractivity contribution in [3.05, 3.63) is 29.8 Å². The normalized spacial score (nSPS) is 26.6. The number of nitrogens with zero attached hydrogens (tertiary/aromatic N) is 1. The number of aryl methyl sites for hydroxylation is 1. The summed E-state index contributed by atoms with van der Waals surface area (Å²) in [5.74, 6) is 1.35. The van der Waals surface area contributed by atoms with Gasteiger partial charge in [-0.1, -0.05) is 19.1 Å². The molecule has 1 heterocycles. The number of amides is 1. The van der Waals surface area contributed by atoms with Crippen molar-refractivity contribution in [2.24, 2.45) is 17.6 Å². The molecule has 5 nitrogen and oxygen atoms in total. The van der Waals surface area contributed by atoms with E-state index in [0.29, 0.717) is 29.6 Å². The van der Waals surface area contributed by atoms with Crippen LogP contribution in [0.4, 0.5) is 0 Å². The molecule has 2 N–H and O–H groups in total. The Morgan fingerprint density at radius 2 is 1.92 bits per heavy atom. The zero-order valence-electron chi connectivity index (χ0n) is 14.1. The van der Waals surface area contributed by atoms with Gasteiger partial charge in [-0.15, -0.1) is 0 Å². The highest BCUT2D eigenvalue weighted by molar-refractivity contribution is 7.91. The zero-order chi connectivity index (χ0) is 17.3. The van der Waals surface area contributed by atoms with Crippen LogP contribution in [-0.2, 0) is 21.1 Å². The molecular formula is C18H26N2O3S. The molecule has 132 valence electrons. The highest BCUT2D eigenvalue weighted by Gasteiger charge is 2.42. The lowest BCUT2D eigenvalue weighted by molar-refractivity contribution is -0.130. The number of carbonyl (C=O) groups is 1. The van der Waals surface area contributed by atoms with Crippen molar-refractivity contribution in [1.29, 1.82) is 0 Å². The van der Waals surface area contributed by atoms with Gasteiger partial charge in [0.05, 0.1) is 10.6 Å². The number of sulfone groups is 1. The van der Waals surface area contributed by atoms with Crippen LogP contribution in [0.25, 0.3) is 0 Å². The van der Waals surface area contributed by atoms with E-state index in [2.05, 4.69) is 0 Å². The van der Waals surface area contributed by atoms with Crippen molar-refractivity contribution in [3.8, 4) is 0 Å². The van der Waals surface area contributed by atoms with Crippen molar-refractivity contribution in [3.63, 3.8) is 0 Å². The van der Waals surface area contributed by atoms with Crippen LogP contribution in [0.15, 0.2) is 29.2 Å². The zero-order valence-corrected chi connectivity index (χ0v) is 15.0. The second-order valence-corrected chi connectivity index (χ2v) is 9.29. The summed E-state index contributed by atoms with van der Waals surface area (Å²) in [6, 6.07) is 7.14. The number of hydrogen-bond donors (Lipinski definition) is 1. The molecule has 2 fully saturated rings. The molecule has 1 aliphatic carbocycles. The number of benzene rings is 1. The molecule has 1 amide bonds. The minimum atomic E-state index is -3.16. The Kier molecular flexibility index (Phi) is 4.97. The number of rotatable bonds is 5. The monoisotopic (exact) mass is 350 g/mol. The Morgan fingerprint density at radius 3 is 2.54 bits per heavy atom. The molecule has 0 aromatic heterocycles. The first kappa shape index (κ1) is 17.4. The molecule has 6 heteroatoms. The number of carbonyl (C=O) groups excluding carboxylic acids is 1. The predicted octanol–water partition coefficient (Wildman–Crippen LogP) is 1.61. The Hall–Kier alpha value is -1.40. The highest BCUT2D eigenvalue weighted by atomic mass is 32.2. The fourth-order valence-electron chi connectivity index (χ4n) is 3.95. The average Bonchev–Trinajstić information content (AvgIpc) is 3.15. The summed E-state index contributed by atoms with van der Waals surface area (Å²) in [5.41, 5.74) is 7.12. The Labute approximate surface area is 144 Å². The summed E-state index contributed by atoms with van der Waals surface area (Å²) >= 11 is 0. The lowest BCUT2D eigenvalue weighted by atomic mass is 9.98. The van der Waals surface area contributed by atoms with E-state index in [1.807, 2.05) is 17.0 Å². The molecule has 0 spiro atoms. The molecule has 1 aromatic rings. The van der Waals surface area contributed by atoms with E-state index in [9.17, 15) is 13.2 Å². The average molecular weight is 350 g/mol. The Balaban J connectivity index is 1.54. The lowest BCUT2D eigenvalue weighted by Gasteiger charge is -2.18. The molecule has 0 radical (unpaired) electrons. The molecule has 1 saturated heterocycles. The molecular weight excluding hydrogens is 324 g/mol. The van der Waals surface area contributed by atoms with E-state index in [1.165, 1.54) is 0 Å². The van der Waals surface area contributed by atoms with Crippen molar-refractivity contribution in [2.75, 3.05) is 18.8 Å². The van der Waals surface area contributed by atoms with Gasteiger partial charge >= 0.3 is 0 Å². The maximum atomic E-state index is 12.4. The smallest absolute Gasteiger partial charge is 0.222 e. The van der Waals surface area contributed by atoms with E-state index in [4.69, 9.17) is 5.73 Å². The molecule has 1 aromatic carbocycles. The van der Waals surface area contributed by atoms with Crippen LogP contribution in [-0.4, -0.2) is 44.1 Å². The summed E-state index contributed by atoms with van der Waals surface area (Å²) in [5, 5.41) is 0. The SMILES string of the molecule is CCS(=O)(=O)c1ccc(CCC(=O)N2CC3CCC(N)C3C2)cc1. The van der Waals surface area contributed by atoms with E-state index in [-0.39, 0.29) is 17.7 Å². The van der Waals surface area contributed by atoms with Crippen molar-refractivity contribution < 1.29 is 13.2 Å². The third-order valence-electron chi connectivity index (χ3n) is 5.56. The lowest BCUT2D eigenvalue weighted by Crippen LogP contribution is -2.33.